The molecule has 0 aliphatic heterocycles. The zero-order valence-electron chi connectivity index (χ0n) is 12.5. The van der Waals surface area contributed by atoms with Crippen LogP contribution in [0, 0.1) is 0 Å². The number of pyridine rings is 1. The normalized spacial score (nSPS) is 12.6. The number of aromatic nitrogens is 1. The third kappa shape index (κ3) is 4.52. The van der Waals surface area contributed by atoms with Crippen LogP contribution in [0.25, 0.3) is 0 Å². The molecule has 21 heavy (non-hydrogen) atoms. The fourth-order valence-corrected chi connectivity index (χ4v) is 2.95. The Balaban J connectivity index is 2.10. The molecule has 0 aromatic carbocycles. The first-order valence-corrected chi connectivity index (χ1v) is 8.06. The van der Waals surface area contributed by atoms with Gasteiger partial charge in [0.2, 0.25) is 5.88 Å². The molecule has 0 saturated carbocycles. The van der Waals surface area contributed by atoms with Crippen LogP contribution in [0.2, 0.25) is 0 Å². The Labute approximate surface area is 130 Å². The van der Waals surface area contributed by atoms with Gasteiger partial charge in [0.1, 0.15) is 0 Å². The summed E-state index contributed by atoms with van der Waals surface area (Å²) in [5.41, 5.74) is 2.41. The van der Waals surface area contributed by atoms with Crippen LogP contribution < -0.4 is 4.74 Å². The van der Waals surface area contributed by atoms with Crippen molar-refractivity contribution >= 4 is 11.3 Å². The van der Waals surface area contributed by atoms with E-state index in [1.165, 1.54) is 5.56 Å². The number of hydrogen-bond donors (Lipinski definition) is 1. The first-order valence-electron chi connectivity index (χ1n) is 7.11. The number of aliphatic hydroxyl groups excluding tert-OH is 1. The van der Waals surface area contributed by atoms with E-state index < -0.39 is 0 Å². The summed E-state index contributed by atoms with van der Waals surface area (Å²) in [5.74, 6) is 0.623. The van der Waals surface area contributed by atoms with Crippen LogP contribution in [0.5, 0.6) is 5.88 Å². The second-order valence-corrected chi connectivity index (χ2v) is 5.77. The van der Waals surface area contributed by atoms with E-state index in [4.69, 9.17) is 4.74 Å². The van der Waals surface area contributed by atoms with Crippen LogP contribution in [0.15, 0.2) is 35.2 Å². The van der Waals surface area contributed by atoms with E-state index in [1.54, 1.807) is 18.4 Å². The summed E-state index contributed by atoms with van der Waals surface area (Å²) in [5, 5.41) is 13.9. The summed E-state index contributed by atoms with van der Waals surface area (Å²) in [4.78, 5) is 6.55. The first kappa shape index (κ1) is 15.9. The van der Waals surface area contributed by atoms with Crippen molar-refractivity contribution in [1.29, 1.82) is 0 Å². The summed E-state index contributed by atoms with van der Waals surface area (Å²) in [6.45, 7) is 3.89. The van der Waals surface area contributed by atoms with Gasteiger partial charge in [-0.2, -0.15) is 11.3 Å². The predicted octanol–water partition coefficient (Wildman–Crippen LogP) is 2.92. The largest absolute Gasteiger partial charge is 0.481 e. The van der Waals surface area contributed by atoms with Crippen molar-refractivity contribution in [3.63, 3.8) is 0 Å². The van der Waals surface area contributed by atoms with Gasteiger partial charge in [0, 0.05) is 31.4 Å². The van der Waals surface area contributed by atoms with Gasteiger partial charge in [-0.25, -0.2) is 4.98 Å². The fourth-order valence-electron chi connectivity index (χ4n) is 2.29. The lowest BCUT2D eigenvalue weighted by molar-refractivity contribution is 0.107. The van der Waals surface area contributed by atoms with E-state index in [0.29, 0.717) is 5.88 Å². The van der Waals surface area contributed by atoms with Crippen molar-refractivity contribution in [1.82, 2.24) is 9.88 Å². The van der Waals surface area contributed by atoms with Crippen molar-refractivity contribution in [2.45, 2.75) is 32.5 Å². The zero-order valence-corrected chi connectivity index (χ0v) is 13.3. The standard InChI is InChI=1S/C16H22N2O2S/c1-3-15(11-19)18(10-14-6-7-21-12-14)9-13-4-5-16(20-2)17-8-13/h4-8,12,15,19H,3,9-11H2,1-2H3/t15-/m1/s1. The highest BCUT2D eigenvalue weighted by molar-refractivity contribution is 7.07. The number of hydrogen-bond acceptors (Lipinski definition) is 5. The van der Waals surface area contributed by atoms with Gasteiger partial charge in [0.15, 0.2) is 0 Å². The van der Waals surface area contributed by atoms with Crippen LogP contribution in [-0.4, -0.2) is 34.7 Å². The minimum Gasteiger partial charge on any atom is -0.481 e. The van der Waals surface area contributed by atoms with Gasteiger partial charge in [-0.1, -0.05) is 13.0 Å². The number of methoxy groups -OCH3 is 1. The highest BCUT2D eigenvalue weighted by Gasteiger charge is 2.17. The molecule has 114 valence electrons. The molecular weight excluding hydrogens is 284 g/mol. The monoisotopic (exact) mass is 306 g/mol. The molecule has 1 atom stereocenters. The number of nitrogens with zero attached hydrogens (tertiary/aromatic N) is 2. The molecule has 0 aliphatic rings. The van der Waals surface area contributed by atoms with E-state index in [1.807, 2.05) is 18.3 Å². The van der Waals surface area contributed by atoms with Crippen LogP contribution in [-0.2, 0) is 13.1 Å². The quantitative estimate of drug-likeness (QED) is 0.814. The average molecular weight is 306 g/mol. The third-order valence-electron chi connectivity index (χ3n) is 3.56. The minimum atomic E-state index is 0.159. The molecule has 1 N–H and O–H groups in total. The number of aliphatic hydroxyl groups is 1. The van der Waals surface area contributed by atoms with Gasteiger partial charge in [-0.3, -0.25) is 4.90 Å². The average Bonchev–Trinajstić information content (AvgIpc) is 3.02. The summed E-state index contributed by atoms with van der Waals surface area (Å²) >= 11 is 1.70. The highest BCUT2D eigenvalue weighted by atomic mass is 32.1. The van der Waals surface area contributed by atoms with E-state index in [2.05, 4.69) is 33.6 Å². The van der Waals surface area contributed by atoms with Gasteiger partial charge < -0.3 is 9.84 Å². The molecule has 2 rings (SSSR count). The molecule has 0 amide bonds. The molecule has 0 spiro atoms. The number of ether oxygens (including phenoxy) is 1. The Morgan fingerprint density at radius 3 is 2.62 bits per heavy atom. The molecule has 2 heterocycles. The Bertz CT molecular complexity index is 510. The van der Waals surface area contributed by atoms with Crippen molar-refractivity contribution in [2.24, 2.45) is 0 Å². The summed E-state index contributed by atoms with van der Waals surface area (Å²) in [7, 11) is 1.61. The molecule has 2 aromatic heterocycles. The van der Waals surface area contributed by atoms with Crippen LogP contribution in [0.1, 0.15) is 24.5 Å². The summed E-state index contributed by atoms with van der Waals surface area (Å²) < 4.78 is 5.09. The molecule has 5 heteroatoms. The summed E-state index contributed by atoms with van der Waals surface area (Å²) in [6.07, 6.45) is 2.76. The molecule has 4 nitrogen and oxygen atoms in total. The highest BCUT2D eigenvalue weighted by Crippen LogP contribution is 2.17. The van der Waals surface area contributed by atoms with Crippen molar-refractivity contribution < 1.29 is 9.84 Å². The third-order valence-corrected chi connectivity index (χ3v) is 4.29. The van der Waals surface area contributed by atoms with Crippen molar-refractivity contribution in [3.8, 4) is 5.88 Å². The summed E-state index contributed by atoms with van der Waals surface area (Å²) in [6, 6.07) is 6.19. The lowest BCUT2D eigenvalue weighted by Crippen LogP contribution is -2.36. The van der Waals surface area contributed by atoms with Gasteiger partial charge in [0.05, 0.1) is 13.7 Å². The van der Waals surface area contributed by atoms with Crippen LogP contribution in [0.4, 0.5) is 0 Å². The fraction of sp³-hybridized carbons (Fsp3) is 0.438. The Hall–Kier alpha value is -1.43. The van der Waals surface area contributed by atoms with Crippen LogP contribution >= 0.6 is 11.3 Å². The van der Waals surface area contributed by atoms with Gasteiger partial charge in [0.25, 0.3) is 0 Å². The maximum absolute atomic E-state index is 9.61. The number of rotatable bonds is 8. The first-order chi connectivity index (χ1) is 10.3. The lowest BCUT2D eigenvalue weighted by Gasteiger charge is -2.29. The molecule has 0 radical (unpaired) electrons. The van der Waals surface area contributed by atoms with Crippen molar-refractivity contribution in [3.05, 3.63) is 46.3 Å². The molecule has 2 aromatic rings. The maximum Gasteiger partial charge on any atom is 0.212 e. The molecular formula is C16H22N2O2S. The Morgan fingerprint density at radius 2 is 2.10 bits per heavy atom. The maximum atomic E-state index is 9.61. The van der Waals surface area contributed by atoms with Gasteiger partial charge in [-0.15, -0.1) is 0 Å². The molecule has 0 aliphatic carbocycles. The molecule has 0 saturated heterocycles. The van der Waals surface area contributed by atoms with E-state index in [9.17, 15) is 5.11 Å². The van der Waals surface area contributed by atoms with Crippen molar-refractivity contribution in [2.75, 3.05) is 13.7 Å². The van der Waals surface area contributed by atoms with E-state index in [-0.39, 0.29) is 12.6 Å². The second-order valence-electron chi connectivity index (χ2n) is 4.99. The van der Waals surface area contributed by atoms with E-state index >= 15 is 0 Å². The van der Waals surface area contributed by atoms with Gasteiger partial charge in [-0.05, 0) is 34.4 Å². The van der Waals surface area contributed by atoms with Crippen LogP contribution in [0.3, 0.4) is 0 Å². The topological polar surface area (TPSA) is 45.6 Å². The predicted molar refractivity (Wildman–Crippen MR) is 85.5 cm³/mol. The SMILES string of the molecule is CC[C@H](CO)N(Cc1ccc(OC)nc1)Cc1ccsc1. The molecule has 0 unspecified atom stereocenters. The Morgan fingerprint density at radius 1 is 1.29 bits per heavy atom. The lowest BCUT2D eigenvalue weighted by atomic mass is 10.1. The Kier molecular flexibility index (Phi) is 6.17. The molecule has 0 bridgehead atoms. The second kappa shape index (κ2) is 8.12. The van der Waals surface area contributed by atoms with Gasteiger partial charge >= 0.3 is 0 Å². The zero-order chi connectivity index (χ0) is 15.1. The smallest absolute Gasteiger partial charge is 0.212 e. The van der Waals surface area contributed by atoms with E-state index in [0.717, 1.165) is 25.1 Å². The minimum absolute atomic E-state index is 0.159. The molecule has 0 fully saturated rings. The number of thiophene rings is 1.